The first-order valence-corrected chi connectivity index (χ1v) is 6.77. The lowest BCUT2D eigenvalue weighted by molar-refractivity contribution is 0.0803. The molecular formula is C14H27NO. The molecule has 3 unspecified atom stereocenters. The van der Waals surface area contributed by atoms with Gasteiger partial charge < -0.3 is 10.5 Å². The Kier molecular flexibility index (Phi) is 6.74. The summed E-state index contributed by atoms with van der Waals surface area (Å²) >= 11 is 0. The van der Waals surface area contributed by atoms with Crippen molar-refractivity contribution in [2.75, 3.05) is 6.61 Å². The predicted octanol–water partition coefficient (Wildman–Crippen LogP) is 3.27. The van der Waals surface area contributed by atoms with Crippen LogP contribution in [0.15, 0.2) is 12.7 Å². The maximum Gasteiger partial charge on any atom is 0.0616 e. The second-order valence-electron chi connectivity index (χ2n) is 4.86. The summed E-state index contributed by atoms with van der Waals surface area (Å²) < 4.78 is 5.69. The first-order valence-electron chi connectivity index (χ1n) is 6.77. The lowest BCUT2D eigenvalue weighted by Crippen LogP contribution is -2.35. The average Bonchev–Trinajstić information content (AvgIpc) is 2.76. The van der Waals surface area contributed by atoms with E-state index in [2.05, 4.69) is 13.5 Å². The molecule has 0 radical (unpaired) electrons. The van der Waals surface area contributed by atoms with Crippen molar-refractivity contribution in [1.82, 2.24) is 0 Å². The summed E-state index contributed by atoms with van der Waals surface area (Å²) in [6, 6.07) is 0.344. The first-order chi connectivity index (χ1) is 7.79. The molecule has 1 saturated heterocycles. The molecule has 0 amide bonds. The Balaban J connectivity index is 2.13. The van der Waals surface area contributed by atoms with Gasteiger partial charge >= 0.3 is 0 Å². The van der Waals surface area contributed by atoms with E-state index in [-0.39, 0.29) is 0 Å². The molecule has 2 heteroatoms. The number of nitrogens with two attached hydrogens (primary N) is 1. The zero-order valence-corrected chi connectivity index (χ0v) is 10.7. The van der Waals surface area contributed by atoms with Gasteiger partial charge in [0, 0.05) is 18.6 Å². The van der Waals surface area contributed by atoms with Gasteiger partial charge in [-0.2, -0.15) is 0 Å². The van der Waals surface area contributed by atoms with E-state index in [1.165, 1.54) is 19.3 Å². The van der Waals surface area contributed by atoms with Crippen LogP contribution < -0.4 is 5.73 Å². The van der Waals surface area contributed by atoms with Crippen LogP contribution in [0.25, 0.3) is 0 Å². The van der Waals surface area contributed by atoms with Crippen LogP contribution in [0.4, 0.5) is 0 Å². The summed E-state index contributed by atoms with van der Waals surface area (Å²) in [4.78, 5) is 0. The average molecular weight is 225 g/mol. The van der Waals surface area contributed by atoms with E-state index in [0.717, 1.165) is 32.3 Å². The zero-order chi connectivity index (χ0) is 11.8. The summed E-state index contributed by atoms with van der Waals surface area (Å²) in [5.41, 5.74) is 6.26. The molecule has 2 N–H and O–H groups in total. The van der Waals surface area contributed by atoms with E-state index < -0.39 is 0 Å². The minimum absolute atomic E-state index is 0.344. The molecule has 1 aliphatic heterocycles. The van der Waals surface area contributed by atoms with Crippen LogP contribution in [0.2, 0.25) is 0 Å². The number of hydrogen-bond donors (Lipinski definition) is 1. The second-order valence-corrected chi connectivity index (χ2v) is 4.86. The first kappa shape index (κ1) is 13.7. The lowest BCUT2D eigenvalue weighted by atomic mass is 9.88. The molecule has 2 nitrogen and oxygen atoms in total. The van der Waals surface area contributed by atoms with Gasteiger partial charge in [-0.25, -0.2) is 0 Å². The van der Waals surface area contributed by atoms with Gasteiger partial charge in [0.1, 0.15) is 0 Å². The van der Waals surface area contributed by atoms with Crippen molar-refractivity contribution in [1.29, 1.82) is 0 Å². The number of allylic oxidation sites excluding steroid dienone is 1. The second kappa shape index (κ2) is 7.86. The Labute approximate surface area is 100 Å². The molecule has 0 aliphatic carbocycles. The van der Waals surface area contributed by atoms with Gasteiger partial charge in [0.2, 0.25) is 0 Å². The molecule has 0 aromatic heterocycles. The highest BCUT2D eigenvalue weighted by Crippen LogP contribution is 2.27. The van der Waals surface area contributed by atoms with Crippen molar-refractivity contribution in [2.45, 2.75) is 64.0 Å². The SMILES string of the molecule is C=CCCCCCC(N)C1CCOC1CC. The smallest absolute Gasteiger partial charge is 0.0616 e. The third kappa shape index (κ3) is 4.26. The molecule has 0 spiro atoms. The Morgan fingerprint density at radius 1 is 1.44 bits per heavy atom. The van der Waals surface area contributed by atoms with E-state index in [1.54, 1.807) is 0 Å². The van der Waals surface area contributed by atoms with E-state index in [4.69, 9.17) is 10.5 Å². The van der Waals surface area contributed by atoms with Crippen LogP contribution in [-0.4, -0.2) is 18.8 Å². The quantitative estimate of drug-likeness (QED) is 0.508. The Hall–Kier alpha value is -0.340. The fourth-order valence-corrected chi connectivity index (χ4v) is 2.63. The summed E-state index contributed by atoms with van der Waals surface area (Å²) in [7, 11) is 0. The third-order valence-electron chi connectivity index (χ3n) is 3.66. The van der Waals surface area contributed by atoms with Crippen LogP contribution in [0.5, 0.6) is 0 Å². The van der Waals surface area contributed by atoms with Crippen molar-refractivity contribution in [3.05, 3.63) is 12.7 Å². The van der Waals surface area contributed by atoms with Gasteiger partial charge in [0.05, 0.1) is 6.10 Å². The Bertz CT molecular complexity index is 193. The molecule has 1 aliphatic rings. The van der Waals surface area contributed by atoms with Crippen molar-refractivity contribution >= 4 is 0 Å². The number of rotatable bonds is 8. The van der Waals surface area contributed by atoms with Crippen LogP contribution in [0.3, 0.4) is 0 Å². The minimum atomic E-state index is 0.344. The monoisotopic (exact) mass is 225 g/mol. The van der Waals surface area contributed by atoms with E-state index in [9.17, 15) is 0 Å². The molecule has 0 saturated carbocycles. The highest BCUT2D eigenvalue weighted by atomic mass is 16.5. The molecule has 0 aromatic rings. The van der Waals surface area contributed by atoms with Crippen molar-refractivity contribution in [3.8, 4) is 0 Å². The van der Waals surface area contributed by atoms with Crippen molar-refractivity contribution in [3.63, 3.8) is 0 Å². The van der Waals surface area contributed by atoms with Gasteiger partial charge in [-0.05, 0) is 32.1 Å². The summed E-state index contributed by atoms with van der Waals surface area (Å²) in [6.07, 6.45) is 10.8. The zero-order valence-electron chi connectivity index (χ0n) is 10.7. The maximum absolute atomic E-state index is 6.26. The molecule has 1 fully saturated rings. The van der Waals surface area contributed by atoms with Gasteiger partial charge in [-0.15, -0.1) is 6.58 Å². The molecule has 1 heterocycles. The summed E-state index contributed by atoms with van der Waals surface area (Å²) in [5, 5.41) is 0. The van der Waals surface area contributed by atoms with Gasteiger partial charge in [0.15, 0.2) is 0 Å². The Morgan fingerprint density at radius 2 is 2.25 bits per heavy atom. The normalized spacial score (nSPS) is 26.9. The van der Waals surface area contributed by atoms with E-state index >= 15 is 0 Å². The van der Waals surface area contributed by atoms with Crippen LogP contribution in [0.1, 0.15) is 51.9 Å². The fraction of sp³-hybridized carbons (Fsp3) is 0.857. The maximum atomic E-state index is 6.26. The van der Waals surface area contributed by atoms with Gasteiger partial charge in [-0.3, -0.25) is 0 Å². The molecule has 0 aromatic carbocycles. The van der Waals surface area contributed by atoms with E-state index in [0.29, 0.717) is 18.1 Å². The molecule has 94 valence electrons. The highest BCUT2D eigenvalue weighted by Gasteiger charge is 2.31. The standard InChI is InChI=1S/C14H27NO/c1-3-5-6-7-8-9-13(15)12-10-11-16-14(12)4-2/h3,12-14H,1,4-11,15H2,2H3. The topological polar surface area (TPSA) is 35.2 Å². The van der Waals surface area contributed by atoms with Gasteiger partial charge in [0.25, 0.3) is 0 Å². The molecule has 16 heavy (non-hydrogen) atoms. The van der Waals surface area contributed by atoms with Crippen LogP contribution >= 0.6 is 0 Å². The number of ether oxygens (including phenoxy) is 1. The molecule has 3 atom stereocenters. The summed E-state index contributed by atoms with van der Waals surface area (Å²) in [6.45, 7) is 6.84. The van der Waals surface area contributed by atoms with E-state index in [1.807, 2.05) is 6.08 Å². The third-order valence-corrected chi connectivity index (χ3v) is 3.66. The predicted molar refractivity (Wildman–Crippen MR) is 69.4 cm³/mol. The highest BCUT2D eigenvalue weighted by molar-refractivity contribution is 4.83. The molecular weight excluding hydrogens is 198 g/mol. The molecule has 1 rings (SSSR count). The number of unbranched alkanes of at least 4 members (excludes halogenated alkanes) is 3. The minimum Gasteiger partial charge on any atom is -0.378 e. The summed E-state index contributed by atoms with van der Waals surface area (Å²) in [5.74, 6) is 0.601. The van der Waals surface area contributed by atoms with Crippen LogP contribution in [0, 0.1) is 5.92 Å². The number of hydrogen-bond acceptors (Lipinski definition) is 2. The van der Waals surface area contributed by atoms with Crippen molar-refractivity contribution < 1.29 is 4.74 Å². The fourth-order valence-electron chi connectivity index (χ4n) is 2.63. The van der Waals surface area contributed by atoms with Crippen LogP contribution in [-0.2, 0) is 4.74 Å². The lowest BCUT2D eigenvalue weighted by Gasteiger charge is -2.23. The Morgan fingerprint density at radius 3 is 2.94 bits per heavy atom. The van der Waals surface area contributed by atoms with Gasteiger partial charge in [-0.1, -0.05) is 25.8 Å². The largest absolute Gasteiger partial charge is 0.378 e. The van der Waals surface area contributed by atoms with Crippen molar-refractivity contribution in [2.24, 2.45) is 11.7 Å². The molecule has 0 bridgehead atoms.